The van der Waals surface area contributed by atoms with Gasteiger partial charge in [0, 0.05) is 56.1 Å². The molecule has 2 aromatic carbocycles. The monoisotopic (exact) mass is 543 g/mol. The van der Waals surface area contributed by atoms with Crippen molar-refractivity contribution in [1.82, 2.24) is 14.7 Å². The summed E-state index contributed by atoms with van der Waals surface area (Å²) >= 11 is 0. The molecular weight excluding hydrogens is 490 g/mol. The second-order valence-corrected chi connectivity index (χ2v) is 13.1. The number of nitrogens with zero attached hydrogens (tertiary/aromatic N) is 3. The zero-order valence-electron chi connectivity index (χ0n) is 25.5. The Morgan fingerprint density at radius 3 is 2.42 bits per heavy atom. The lowest BCUT2D eigenvalue weighted by molar-refractivity contribution is 0.0773. The molecule has 0 amide bonds. The second kappa shape index (κ2) is 13.7. The number of benzene rings is 2. The Kier molecular flexibility index (Phi) is 10.0. The van der Waals surface area contributed by atoms with Crippen LogP contribution in [-0.2, 0) is 19.4 Å². The van der Waals surface area contributed by atoms with E-state index in [-0.39, 0.29) is 0 Å². The maximum absolute atomic E-state index is 11.1. The average molecular weight is 544 g/mol. The summed E-state index contributed by atoms with van der Waals surface area (Å²) in [6.45, 7) is 13.2. The highest BCUT2D eigenvalue weighted by Crippen LogP contribution is 2.34. The standard InChI is InChI=1S/C36H53N3O/c1-5-20-39(26-35(40)25-38-21-19-31-9-6-7-10-32(31)24-38)28(3)36-18-15-30(22-27(36)2)23-29-13-16-34(17-14-29)37(4)33-11-8-12-33/h6-7,9-10,15,18,22,29,33-35,40H,3,5,8,11-14,16-17,19-21,23-26H2,1-2,4H3. The Hall–Kier alpha value is -2.14. The quantitative estimate of drug-likeness (QED) is 0.323. The summed E-state index contributed by atoms with van der Waals surface area (Å²) in [7, 11) is 2.37. The van der Waals surface area contributed by atoms with Gasteiger partial charge in [0.05, 0.1) is 6.10 Å². The van der Waals surface area contributed by atoms with Crippen LogP contribution in [0.25, 0.3) is 5.70 Å². The van der Waals surface area contributed by atoms with Gasteiger partial charge in [0.15, 0.2) is 0 Å². The van der Waals surface area contributed by atoms with E-state index in [1.807, 2.05) is 0 Å². The summed E-state index contributed by atoms with van der Waals surface area (Å²) in [6, 6.07) is 17.4. The van der Waals surface area contributed by atoms with E-state index in [0.29, 0.717) is 13.1 Å². The molecule has 4 nitrogen and oxygen atoms in total. The van der Waals surface area contributed by atoms with Crippen molar-refractivity contribution in [3.8, 4) is 0 Å². The van der Waals surface area contributed by atoms with Crippen LogP contribution < -0.4 is 0 Å². The lowest BCUT2D eigenvalue weighted by atomic mass is 9.80. The minimum atomic E-state index is -0.397. The highest BCUT2D eigenvalue weighted by Gasteiger charge is 2.30. The molecule has 1 aliphatic heterocycles. The van der Waals surface area contributed by atoms with Crippen molar-refractivity contribution in [2.24, 2.45) is 5.92 Å². The van der Waals surface area contributed by atoms with E-state index in [4.69, 9.17) is 0 Å². The van der Waals surface area contributed by atoms with Gasteiger partial charge in [-0.2, -0.15) is 0 Å². The molecule has 0 bridgehead atoms. The first-order chi connectivity index (χ1) is 19.4. The average Bonchev–Trinajstić information content (AvgIpc) is 2.92. The molecular formula is C36H53N3O. The summed E-state index contributed by atoms with van der Waals surface area (Å²) in [5.74, 6) is 0.813. The van der Waals surface area contributed by atoms with Gasteiger partial charge in [-0.25, -0.2) is 0 Å². The molecule has 0 spiro atoms. The number of hydrogen-bond donors (Lipinski definition) is 1. The summed E-state index contributed by atoms with van der Waals surface area (Å²) in [5, 5.41) is 11.1. The first kappa shape index (κ1) is 29.4. The molecule has 2 aromatic rings. The summed E-state index contributed by atoms with van der Waals surface area (Å²) in [4.78, 5) is 7.41. The summed E-state index contributed by atoms with van der Waals surface area (Å²) < 4.78 is 0. The molecule has 2 fully saturated rings. The third kappa shape index (κ3) is 7.19. The fourth-order valence-electron chi connectivity index (χ4n) is 7.46. The van der Waals surface area contributed by atoms with Crippen molar-refractivity contribution in [2.45, 2.75) is 103 Å². The first-order valence-corrected chi connectivity index (χ1v) is 16.1. The van der Waals surface area contributed by atoms with Gasteiger partial charge in [-0.3, -0.25) is 4.90 Å². The van der Waals surface area contributed by atoms with Crippen LogP contribution in [0.3, 0.4) is 0 Å². The zero-order valence-corrected chi connectivity index (χ0v) is 25.5. The molecule has 4 heteroatoms. The Bertz CT molecular complexity index is 1120. The van der Waals surface area contributed by atoms with Crippen LogP contribution in [0.15, 0.2) is 49.0 Å². The normalized spacial score (nSPS) is 22.5. The van der Waals surface area contributed by atoms with Crippen LogP contribution in [-0.4, -0.2) is 71.2 Å². The van der Waals surface area contributed by atoms with Crippen LogP contribution in [0.4, 0.5) is 0 Å². The van der Waals surface area contributed by atoms with Gasteiger partial charge in [0.1, 0.15) is 0 Å². The number of aliphatic hydroxyl groups is 1. The summed E-state index contributed by atoms with van der Waals surface area (Å²) in [5.41, 5.74) is 7.91. The molecule has 1 unspecified atom stereocenters. The van der Waals surface area contributed by atoms with Crippen molar-refractivity contribution in [2.75, 3.05) is 33.2 Å². The molecule has 0 aromatic heterocycles. The molecule has 2 aliphatic carbocycles. The van der Waals surface area contributed by atoms with Crippen molar-refractivity contribution in [3.05, 3.63) is 76.9 Å². The van der Waals surface area contributed by atoms with Crippen LogP contribution >= 0.6 is 0 Å². The minimum absolute atomic E-state index is 0.397. The fourth-order valence-corrected chi connectivity index (χ4v) is 7.46. The van der Waals surface area contributed by atoms with E-state index in [9.17, 15) is 5.11 Å². The van der Waals surface area contributed by atoms with E-state index in [2.05, 4.69) is 84.6 Å². The van der Waals surface area contributed by atoms with E-state index in [0.717, 1.165) is 56.2 Å². The van der Waals surface area contributed by atoms with Gasteiger partial charge in [-0.1, -0.05) is 62.4 Å². The molecule has 1 N–H and O–H groups in total. The van der Waals surface area contributed by atoms with E-state index >= 15 is 0 Å². The molecule has 3 aliphatic rings. The van der Waals surface area contributed by atoms with Crippen LogP contribution in [0, 0.1) is 12.8 Å². The van der Waals surface area contributed by atoms with Gasteiger partial charge in [-0.05, 0) is 99.9 Å². The Morgan fingerprint density at radius 2 is 1.75 bits per heavy atom. The number of rotatable bonds is 12. The van der Waals surface area contributed by atoms with Crippen LogP contribution in [0.5, 0.6) is 0 Å². The number of fused-ring (bicyclic) bond motifs is 1. The van der Waals surface area contributed by atoms with Crippen molar-refractivity contribution in [3.63, 3.8) is 0 Å². The second-order valence-electron chi connectivity index (χ2n) is 13.1. The molecule has 1 heterocycles. The zero-order chi connectivity index (χ0) is 28.1. The highest BCUT2D eigenvalue weighted by molar-refractivity contribution is 5.65. The maximum atomic E-state index is 11.1. The SMILES string of the molecule is C=C(c1ccc(CC2CCC(N(C)C3CCC3)CC2)cc1C)N(CCC)CC(O)CN1CCc2ccccc2C1. The number of β-amino-alcohol motifs (C(OH)–C–C–N with tert-alkyl or cyclic N) is 1. The minimum Gasteiger partial charge on any atom is -0.390 e. The van der Waals surface area contributed by atoms with Crippen molar-refractivity contribution in [1.29, 1.82) is 0 Å². The summed E-state index contributed by atoms with van der Waals surface area (Å²) in [6.07, 6.45) is 12.6. The topological polar surface area (TPSA) is 30.0 Å². The molecule has 40 heavy (non-hydrogen) atoms. The number of aliphatic hydroxyl groups excluding tert-OH is 1. The lowest BCUT2D eigenvalue weighted by Gasteiger charge is -2.42. The molecule has 0 saturated heterocycles. The number of aryl methyl sites for hydroxylation is 1. The van der Waals surface area contributed by atoms with E-state index in [1.165, 1.54) is 79.2 Å². The number of hydrogen-bond acceptors (Lipinski definition) is 4. The van der Waals surface area contributed by atoms with E-state index < -0.39 is 6.10 Å². The smallest absolute Gasteiger partial charge is 0.0841 e. The Morgan fingerprint density at radius 1 is 1.02 bits per heavy atom. The maximum Gasteiger partial charge on any atom is 0.0841 e. The van der Waals surface area contributed by atoms with Crippen molar-refractivity contribution < 1.29 is 5.11 Å². The largest absolute Gasteiger partial charge is 0.390 e. The lowest BCUT2D eigenvalue weighted by Crippen LogP contribution is -2.45. The predicted octanol–water partition coefficient (Wildman–Crippen LogP) is 6.68. The van der Waals surface area contributed by atoms with Crippen LogP contribution in [0.2, 0.25) is 0 Å². The third-order valence-corrected chi connectivity index (χ3v) is 10.2. The Balaban J connectivity index is 1.13. The van der Waals surface area contributed by atoms with Crippen molar-refractivity contribution >= 4 is 5.70 Å². The van der Waals surface area contributed by atoms with Gasteiger partial charge in [0.25, 0.3) is 0 Å². The molecule has 2 saturated carbocycles. The van der Waals surface area contributed by atoms with Crippen LogP contribution in [0.1, 0.15) is 86.1 Å². The van der Waals surface area contributed by atoms with Gasteiger partial charge >= 0.3 is 0 Å². The van der Waals surface area contributed by atoms with Gasteiger partial charge < -0.3 is 14.9 Å². The predicted molar refractivity (Wildman–Crippen MR) is 168 cm³/mol. The van der Waals surface area contributed by atoms with E-state index in [1.54, 1.807) is 0 Å². The molecule has 218 valence electrons. The first-order valence-electron chi connectivity index (χ1n) is 16.1. The molecule has 0 radical (unpaired) electrons. The molecule has 1 atom stereocenters. The molecule has 5 rings (SSSR count). The van der Waals surface area contributed by atoms with Gasteiger partial charge in [0.2, 0.25) is 0 Å². The Labute approximate surface area is 244 Å². The third-order valence-electron chi connectivity index (χ3n) is 10.2. The van der Waals surface area contributed by atoms with Gasteiger partial charge in [-0.15, -0.1) is 0 Å². The fraction of sp³-hybridized carbons (Fsp3) is 0.611. The highest BCUT2D eigenvalue weighted by atomic mass is 16.3.